The fourth-order valence-corrected chi connectivity index (χ4v) is 4.57. The van der Waals surface area contributed by atoms with Crippen LogP contribution in [0.4, 0.5) is 0 Å². The molecule has 1 aliphatic carbocycles. The van der Waals surface area contributed by atoms with Crippen molar-refractivity contribution < 1.29 is 9.59 Å². The first-order chi connectivity index (χ1) is 12.6. The van der Waals surface area contributed by atoms with Gasteiger partial charge in [0, 0.05) is 6.04 Å². The molecule has 1 saturated carbocycles. The molecule has 9 heteroatoms. The predicted molar refractivity (Wildman–Crippen MR) is 103 cm³/mol. The molecule has 1 fully saturated rings. The maximum absolute atomic E-state index is 12.3. The largest absolute Gasteiger partial charge is 0.368 e. The molecular weight excluding hydrogens is 370 g/mol. The van der Waals surface area contributed by atoms with Crippen molar-refractivity contribution in [3.05, 3.63) is 17.5 Å². The molecule has 3 rings (SSSR count). The molecule has 1 aliphatic rings. The monoisotopic (exact) mass is 393 g/mol. The van der Waals surface area contributed by atoms with Gasteiger partial charge >= 0.3 is 0 Å². The second-order valence-corrected chi connectivity index (χ2v) is 8.27. The summed E-state index contributed by atoms with van der Waals surface area (Å²) in [7, 11) is 0. The van der Waals surface area contributed by atoms with Crippen molar-refractivity contribution in [2.45, 2.75) is 56.3 Å². The third-order valence-electron chi connectivity index (χ3n) is 4.32. The van der Waals surface area contributed by atoms with Gasteiger partial charge in [0.05, 0.1) is 10.6 Å². The van der Waals surface area contributed by atoms with Crippen LogP contribution in [0.25, 0.3) is 10.7 Å². The van der Waals surface area contributed by atoms with E-state index >= 15 is 0 Å². The summed E-state index contributed by atoms with van der Waals surface area (Å²) in [6, 6.07) is 4.10. The van der Waals surface area contributed by atoms with Gasteiger partial charge in [0.1, 0.15) is 6.54 Å². The molecule has 2 aromatic rings. The van der Waals surface area contributed by atoms with Gasteiger partial charge in [-0.1, -0.05) is 43.5 Å². The molecule has 0 aliphatic heterocycles. The van der Waals surface area contributed by atoms with Crippen LogP contribution in [-0.2, 0) is 16.1 Å². The lowest BCUT2D eigenvalue weighted by Gasteiger charge is -2.16. The minimum atomic E-state index is -0.465. The fourth-order valence-electron chi connectivity index (χ4n) is 3.11. The molecule has 0 saturated heterocycles. The zero-order valence-electron chi connectivity index (χ0n) is 14.5. The zero-order valence-corrected chi connectivity index (χ0v) is 16.2. The summed E-state index contributed by atoms with van der Waals surface area (Å²) >= 11 is 2.80. The lowest BCUT2D eigenvalue weighted by molar-refractivity contribution is -0.119. The lowest BCUT2D eigenvalue weighted by Crippen LogP contribution is -2.35. The van der Waals surface area contributed by atoms with Crippen LogP contribution in [0.2, 0.25) is 0 Å². The van der Waals surface area contributed by atoms with Crippen molar-refractivity contribution in [1.82, 2.24) is 20.1 Å². The number of thiophene rings is 1. The number of carbonyl (C=O) groups is 2. The number of thioether (sulfide) groups is 1. The van der Waals surface area contributed by atoms with E-state index in [0.29, 0.717) is 11.0 Å². The first-order valence-corrected chi connectivity index (χ1v) is 10.7. The highest BCUT2D eigenvalue weighted by atomic mass is 32.2. The van der Waals surface area contributed by atoms with Crippen molar-refractivity contribution in [1.29, 1.82) is 0 Å². The Labute approximate surface area is 160 Å². The Hall–Kier alpha value is -1.87. The van der Waals surface area contributed by atoms with Crippen LogP contribution in [0.1, 0.15) is 38.5 Å². The maximum atomic E-state index is 12.3. The highest BCUT2D eigenvalue weighted by Crippen LogP contribution is 2.27. The molecule has 0 aromatic carbocycles. The summed E-state index contributed by atoms with van der Waals surface area (Å²) in [6.07, 6.45) is 6.96. The van der Waals surface area contributed by atoms with Crippen molar-refractivity contribution in [3.8, 4) is 10.7 Å². The van der Waals surface area contributed by atoms with Crippen LogP contribution in [-0.4, -0.2) is 38.4 Å². The highest BCUT2D eigenvalue weighted by molar-refractivity contribution is 7.99. The fraction of sp³-hybridized carbons (Fsp3) is 0.529. The minimum absolute atomic E-state index is 0.00630. The van der Waals surface area contributed by atoms with Gasteiger partial charge in [0.15, 0.2) is 11.0 Å². The molecule has 2 aromatic heterocycles. The van der Waals surface area contributed by atoms with E-state index in [1.165, 1.54) is 48.8 Å². The van der Waals surface area contributed by atoms with Crippen molar-refractivity contribution in [3.63, 3.8) is 0 Å². The van der Waals surface area contributed by atoms with Crippen LogP contribution < -0.4 is 11.1 Å². The van der Waals surface area contributed by atoms with Gasteiger partial charge in [0.2, 0.25) is 11.8 Å². The Bertz CT molecular complexity index is 736. The third-order valence-corrected chi connectivity index (χ3v) is 6.16. The highest BCUT2D eigenvalue weighted by Gasteiger charge is 2.19. The van der Waals surface area contributed by atoms with Crippen molar-refractivity contribution in [2.24, 2.45) is 5.73 Å². The average Bonchev–Trinajstić information content (AvgIpc) is 3.18. The molecule has 0 spiro atoms. The summed E-state index contributed by atoms with van der Waals surface area (Å²) in [6.45, 7) is -0.00713. The van der Waals surface area contributed by atoms with E-state index in [4.69, 9.17) is 5.73 Å². The number of nitrogens with two attached hydrogens (primary N) is 1. The van der Waals surface area contributed by atoms with E-state index in [2.05, 4.69) is 15.5 Å². The number of hydrogen-bond donors (Lipinski definition) is 2. The van der Waals surface area contributed by atoms with Gasteiger partial charge in [-0.25, -0.2) is 0 Å². The van der Waals surface area contributed by atoms with Crippen LogP contribution in [0.5, 0.6) is 0 Å². The van der Waals surface area contributed by atoms with E-state index in [9.17, 15) is 9.59 Å². The van der Waals surface area contributed by atoms with Gasteiger partial charge in [-0.2, -0.15) is 0 Å². The molecule has 3 N–H and O–H groups in total. The number of nitrogens with one attached hydrogen (secondary N) is 1. The molecule has 2 amide bonds. The lowest BCUT2D eigenvalue weighted by atomic mass is 10.1. The normalized spacial score (nSPS) is 15.5. The summed E-state index contributed by atoms with van der Waals surface area (Å²) in [5.74, 6) is 0.378. The zero-order chi connectivity index (χ0) is 18.4. The SMILES string of the molecule is NC(=O)Cn1c(SCC(=O)NC2CCCCCC2)nnc1-c1cccs1. The smallest absolute Gasteiger partial charge is 0.237 e. The predicted octanol–water partition coefficient (Wildman–Crippen LogP) is 2.42. The van der Waals surface area contributed by atoms with Crippen molar-refractivity contribution in [2.75, 3.05) is 5.75 Å². The van der Waals surface area contributed by atoms with Crippen LogP contribution in [0.15, 0.2) is 22.7 Å². The molecule has 140 valence electrons. The number of rotatable bonds is 7. The Morgan fingerprint density at radius 2 is 2.04 bits per heavy atom. The number of carbonyl (C=O) groups excluding carboxylic acids is 2. The number of nitrogens with zero attached hydrogens (tertiary/aromatic N) is 3. The van der Waals surface area contributed by atoms with Gasteiger partial charge < -0.3 is 11.1 Å². The molecular formula is C17H23N5O2S2. The standard InChI is InChI=1S/C17H23N5O2S2/c18-14(23)10-22-16(13-8-5-9-25-13)20-21-17(22)26-11-15(24)19-12-6-3-1-2-4-7-12/h5,8-9,12H,1-4,6-7,10-11H2,(H2,18,23)(H,19,24). The quantitative estimate of drug-likeness (QED) is 0.555. The Morgan fingerprint density at radius 1 is 1.27 bits per heavy atom. The van der Waals surface area contributed by atoms with Gasteiger partial charge in [-0.15, -0.1) is 21.5 Å². The van der Waals surface area contributed by atoms with E-state index < -0.39 is 5.91 Å². The number of hydrogen-bond acceptors (Lipinski definition) is 6. The van der Waals surface area contributed by atoms with Gasteiger partial charge in [0.25, 0.3) is 0 Å². The first-order valence-electron chi connectivity index (χ1n) is 8.81. The molecule has 0 unspecified atom stereocenters. The minimum Gasteiger partial charge on any atom is -0.368 e. The molecule has 26 heavy (non-hydrogen) atoms. The topological polar surface area (TPSA) is 103 Å². The molecule has 2 heterocycles. The first kappa shape index (κ1) is 18.9. The second kappa shape index (κ2) is 9.18. The summed E-state index contributed by atoms with van der Waals surface area (Å²) in [4.78, 5) is 24.6. The average molecular weight is 394 g/mol. The molecule has 0 radical (unpaired) electrons. The van der Waals surface area contributed by atoms with Gasteiger partial charge in [-0.05, 0) is 24.3 Å². The van der Waals surface area contributed by atoms with Crippen LogP contribution >= 0.6 is 23.1 Å². The van der Waals surface area contributed by atoms with E-state index in [1.807, 2.05) is 17.5 Å². The van der Waals surface area contributed by atoms with Gasteiger partial charge in [-0.3, -0.25) is 14.2 Å². The molecule has 0 bridgehead atoms. The Kier molecular flexibility index (Phi) is 6.67. The molecule has 0 atom stereocenters. The Morgan fingerprint density at radius 3 is 2.69 bits per heavy atom. The van der Waals surface area contributed by atoms with E-state index in [1.54, 1.807) is 4.57 Å². The summed E-state index contributed by atoms with van der Waals surface area (Å²) < 4.78 is 1.68. The second-order valence-electron chi connectivity index (χ2n) is 6.38. The van der Waals surface area contributed by atoms with E-state index in [-0.39, 0.29) is 24.2 Å². The van der Waals surface area contributed by atoms with Crippen molar-refractivity contribution >= 4 is 34.9 Å². The number of primary amides is 1. The van der Waals surface area contributed by atoms with E-state index in [0.717, 1.165) is 17.7 Å². The Balaban J connectivity index is 1.63. The van der Waals surface area contributed by atoms with Crippen LogP contribution in [0, 0.1) is 0 Å². The third kappa shape index (κ3) is 5.07. The number of amides is 2. The van der Waals surface area contributed by atoms with Crippen LogP contribution in [0.3, 0.4) is 0 Å². The summed E-state index contributed by atoms with van der Waals surface area (Å²) in [5, 5.41) is 13.9. The summed E-state index contributed by atoms with van der Waals surface area (Å²) in [5.41, 5.74) is 5.37. The number of aromatic nitrogens is 3. The maximum Gasteiger partial charge on any atom is 0.237 e. The molecule has 7 nitrogen and oxygen atoms in total.